The first kappa shape index (κ1) is 14.5. The molecule has 0 bridgehead atoms. The molecule has 18 heavy (non-hydrogen) atoms. The van der Waals surface area contributed by atoms with Gasteiger partial charge in [0, 0.05) is 13.0 Å². The van der Waals surface area contributed by atoms with E-state index in [0.29, 0.717) is 17.8 Å². The molecule has 0 aromatic heterocycles. The van der Waals surface area contributed by atoms with Crippen LogP contribution in [0.15, 0.2) is 24.3 Å². The van der Waals surface area contributed by atoms with Crippen LogP contribution in [0.2, 0.25) is 0 Å². The van der Waals surface area contributed by atoms with E-state index in [9.17, 15) is 4.79 Å². The van der Waals surface area contributed by atoms with E-state index in [1.165, 1.54) is 0 Å². The van der Waals surface area contributed by atoms with E-state index >= 15 is 0 Å². The van der Waals surface area contributed by atoms with Crippen molar-refractivity contribution < 1.29 is 9.90 Å². The smallest absolute Gasteiger partial charge is 0.227 e. The Morgan fingerprint density at radius 2 is 1.94 bits per heavy atom. The fourth-order valence-electron chi connectivity index (χ4n) is 1.76. The highest BCUT2D eigenvalue weighted by Gasteiger charge is 2.23. The Bertz CT molecular complexity index is 411. The van der Waals surface area contributed by atoms with Crippen molar-refractivity contribution in [3.63, 3.8) is 0 Å². The van der Waals surface area contributed by atoms with E-state index in [2.05, 4.69) is 0 Å². The number of aliphatic hydroxyl groups excluding tert-OH is 1. The van der Waals surface area contributed by atoms with Gasteiger partial charge in [-0.1, -0.05) is 32.9 Å². The molecular weight excluding hydrogens is 228 g/mol. The molecule has 0 saturated heterocycles. The minimum absolute atomic E-state index is 0.0190. The van der Waals surface area contributed by atoms with Crippen LogP contribution < -0.4 is 10.6 Å². The van der Waals surface area contributed by atoms with Gasteiger partial charge in [-0.2, -0.15) is 0 Å². The summed E-state index contributed by atoms with van der Waals surface area (Å²) in [6, 6.07) is 7.21. The number of nitrogen functional groups attached to an aromatic ring is 1. The number of rotatable bonds is 4. The number of hydrogen-bond acceptors (Lipinski definition) is 3. The van der Waals surface area contributed by atoms with Gasteiger partial charge in [0.25, 0.3) is 0 Å². The Labute approximate surface area is 108 Å². The van der Waals surface area contributed by atoms with Crippen LogP contribution in [0.4, 0.5) is 11.4 Å². The third-order valence-corrected chi connectivity index (χ3v) is 2.53. The van der Waals surface area contributed by atoms with Crippen LogP contribution in [0.1, 0.15) is 27.2 Å². The van der Waals surface area contributed by atoms with Crippen LogP contribution in [-0.4, -0.2) is 24.2 Å². The number of aliphatic hydroxyl groups is 1. The summed E-state index contributed by atoms with van der Waals surface area (Å²) >= 11 is 0. The quantitative estimate of drug-likeness (QED) is 0.803. The fraction of sp³-hybridized carbons (Fsp3) is 0.500. The third-order valence-electron chi connectivity index (χ3n) is 2.53. The SMILES string of the molecule is CC(C)(C)CC(=O)N(CCO)c1ccccc1N. The largest absolute Gasteiger partial charge is 0.397 e. The Morgan fingerprint density at radius 3 is 2.44 bits per heavy atom. The zero-order chi connectivity index (χ0) is 13.8. The van der Waals surface area contributed by atoms with Crippen molar-refractivity contribution in [2.24, 2.45) is 5.41 Å². The average Bonchev–Trinajstić information content (AvgIpc) is 2.24. The molecule has 4 heteroatoms. The highest BCUT2D eigenvalue weighted by atomic mass is 16.3. The number of anilines is 2. The van der Waals surface area contributed by atoms with Gasteiger partial charge in [-0.25, -0.2) is 0 Å². The maximum Gasteiger partial charge on any atom is 0.227 e. The first-order valence-electron chi connectivity index (χ1n) is 6.11. The molecule has 0 aliphatic rings. The number of benzene rings is 1. The predicted octanol–water partition coefficient (Wildman–Crippen LogP) is 2.03. The number of para-hydroxylation sites is 2. The van der Waals surface area contributed by atoms with E-state index in [-0.39, 0.29) is 24.5 Å². The molecule has 3 N–H and O–H groups in total. The predicted molar refractivity (Wildman–Crippen MR) is 74.4 cm³/mol. The molecule has 0 saturated carbocycles. The summed E-state index contributed by atoms with van der Waals surface area (Å²) < 4.78 is 0. The van der Waals surface area contributed by atoms with Gasteiger partial charge in [0.1, 0.15) is 0 Å². The van der Waals surface area contributed by atoms with Gasteiger partial charge in [-0.05, 0) is 17.5 Å². The molecule has 0 unspecified atom stereocenters. The molecule has 0 spiro atoms. The summed E-state index contributed by atoms with van der Waals surface area (Å²) in [7, 11) is 0. The second kappa shape index (κ2) is 5.87. The van der Waals surface area contributed by atoms with Gasteiger partial charge in [0.15, 0.2) is 0 Å². The molecule has 0 radical (unpaired) electrons. The maximum absolute atomic E-state index is 12.3. The number of hydrogen-bond donors (Lipinski definition) is 2. The van der Waals surface area contributed by atoms with E-state index in [4.69, 9.17) is 10.8 Å². The molecule has 0 heterocycles. The van der Waals surface area contributed by atoms with Gasteiger partial charge in [0.2, 0.25) is 5.91 Å². The van der Waals surface area contributed by atoms with Gasteiger partial charge in [0.05, 0.1) is 18.0 Å². The lowest BCUT2D eigenvalue weighted by molar-refractivity contribution is -0.120. The topological polar surface area (TPSA) is 66.6 Å². The Kier molecular flexibility index (Phi) is 4.73. The molecule has 0 fully saturated rings. The molecule has 0 atom stereocenters. The van der Waals surface area contributed by atoms with Crippen molar-refractivity contribution in [1.29, 1.82) is 0 Å². The normalized spacial score (nSPS) is 11.3. The van der Waals surface area contributed by atoms with Gasteiger partial charge < -0.3 is 15.7 Å². The Balaban J connectivity index is 2.96. The second-order valence-electron chi connectivity index (χ2n) is 5.57. The Hall–Kier alpha value is -1.55. The van der Waals surface area contributed by atoms with Crippen LogP contribution in [0.3, 0.4) is 0 Å². The van der Waals surface area contributed by atoms with Crippen LogP contribution in [0.5, 0.6) is 0 Å². The van der Waals surface area contributed by atoms with Crippen LogP contribution in [0.25, 0.3) is 0 Å². The maximum atomic E-state index is 12.3. The number of carbonyl (C=O) groups is 1. The molecule has 1 rings (SSSR count). The molecule has 4 nitrogen and oxygen atoms in total. The summed E-state index contributed by atoms with van der Waals surface area (Å²) in [6.07, 6.45) is 0.418. The number of nitrogens with zero attached hydrogens (tertiary/aromatic N) is 1. The molecule has 1 aromatic carbocycles. The highest BCUT2D eigenvalue weighted by molar-refractivity contribution is 5.96. The van der Waals surface area contributed by atoms with Gasteiger partial charge >= 0.3 is 0 Å². The van der Waals surface area contributed by atoms with Crippen molar-refractivity contribution in [2.75, 3.05) is 23.8 Å². The minimum Gasteiger partial charge on any atom is -0.397 e. The average molecular weight is 250 g/mol. The van der Waals surface area contributed by atoms with E-state index in [0.717, 1.165) is 0 Å². The molecule has 1 amide bonds. The van der Waals surface area contributed by atoms with E-state index < -0.39 is 0 Å². The molecule has 0 aliphatic carbocycles. The van der Waals surface area contributed by atoms with Crippen LogP contribution in [0, 0.1) is 5.41 Å². The lowest BCUT2D eigenvalue weighted by Crippen LogP contribution is -2.36. The van der Waals surface area contributed by atoms with Crippen LogP contribution >= 0.6 is 0 Å². The number of amides is 1. The van der Waals surface area contributed by atoms with E-state index in [1.54, 1.807) is 17.0 Å². The van der Waals surface area contributed by atoms with Gasteiger partial charge in [-0.3, -0.25) is 4.79 Å². The Morgan fingerprint density at radius 1 is 1.33 bits per heavy atom. The second-order valence-corrected chi connectivity index (χ2v) is 5.57. The summed E-state index contributed by atoms with van der Waals surface area (Å²) in [5, 5.41) is 9.10. The summed E-state index contributed by atoms with van der Waals surface area (Å²) in [5.74, 6) is -0.0190. The molecular formula is C14H22N2O2. The third kappa shape index (κ3) is 4.04. The summed E-state index contributed by atoms with van der Waals surface area (Å²) in [4.78, 5) is 13.8. The van der Waals surface area contributed by atoms with Crippen molar-refractivity contribution in [2.45, 2.75) is 27.2 Å². The lowest BCUT2D eigenvalue weighted by atomic mass is 9.91. The summed E-state index contributed by atoms with van der Waals surface area (Å²) in [6.45, 7) is 6.22. The van der Waals surface area contributed by atoms with Crippen molar-refractivity contribution in [3.8, 4) is 0 Å². The standard InChI is InChI=1S/C14H22N2O2/c1-14(2,3)10-13(18)16(8-9-17)12-7-5-4-6-11(12)15/h4-7,17H,8-10,15H2,1-3H3. The van der Waals surface area contributed by atoms with E-state index in [1.807, 2.05) is 32.9 Å². The zero-order valence-corrected chi connectivity index (χ0v) is 11.3. The highest BCUT2D eigenvalue weighted by Crippen LogP contribution is 2.26. The fourth-order valence-corrected chi connectivity index (χ4v) is 1.76. The monoisotopic (exact) mass is 250 g/mol. The number of carbonyl (C=O) groups excluding carboxylic acids is 1. The molecule has 0 aliphatic heterocycles. The first-order valence-corrected chi connectivity index (χ1v) is 6.11. The van der Waals surface area contributed by atoms with Gasteiger partial charge in [-0.15, -0.1) is 0 Å². The van der Waals surface area contributed by atoms with Crippen molar-refractivity contribution in [1.82, 2.24) is 0 Å². The minimum atomic E-state index is -0.0890. The zero-order valence-electron chi connectivity index (χ0n) is 11.3. The van der Waals surface area contributed by atoms with Crippen molar-refractivity contribution in [3.05, 3.63) is 24.3 Å². The lowest BCUT2D eigenvalue weighted by Gasteiger charge is -2.27. The molecule has 100 valence electrons. The molecule has 1 aromatic rings. The summed E-state index contributed by atoms with van der Waals surface area (Å²) in [5.41, 5.74) is 7.01. The van der Waals surface area contributed by atoms with Crippen LogP contribution in [-0.2, 0) is 4.79 Å². The first-order chi connectivity index (χ1) is 8.35. The van der Waals surface area contributed by atoms with Crippen molar-refractivity contribution >= 4 is 17.3 Å². The number of nitrogens with two attached hydrogens (primary N) is 1.